The van der Waals surface area contributed by atoms with Gasteiger partial charge in [0.1, 0.15) is 0 Å². The second kappa shape index (κ2) is 5.71. The number of para-hydroxylation sites is 1. The standard InChI is InChI=1S/C15H19N3O2S/c1-10-3-2-4-11-12(10)17-14(21-11)18-13(19)15(9-16)5-7-20-8-6-15/h2-4H,5-9,16H2,1H3,(H,17,18,19). The number of hydrogen-bond acceptors (Lipinski definition) is 5. The summed E-state index contributed by atoms with van der Waals surface area (Å²) in [4.78, 5) is 17.1. The smallest absolute Gasteiger partial charge is 0.233 e. The van der Waals surface area contributed by atoms with Crippen molar-refractivity contribution in [3.63, 3.8) is 0 Å². The van der Waals surface area contributed by atoms with Gasteiger partial charge in [-0.15, -0.1) is 0 Å². The van der Waals surface area contributed by atoms with E-state index >= 15 is 0 Å². The fourth-order valence-corrected chi connectivity index (χ4v) is 3.59. The molecule has 0 unspecified atom stereocenters. The molecular formula is C15H19N3O2S. The number of amides is 1. The number of ether oxygens (including phenoxy) is 1. The molecule has 3 N–H and O–H groups in total. The van der Waals surface area contributed by atoms with Crippen LogP contribution < -0.4 is 11.1 Å². The lowest BCUT2D eigenvalue weighted by Gasteiger charge is -2.34. The Morgan fingerprint density at radius 2 is 2.24 bits per heavy atom. The Labute approximate surface area is 127 Å². The van der Waals surface area contributed by atoms with E-state index in [1.165, 1.54) is 11.3 Å². The number of nitrogens with two attached hydrogens (primary N) is 1. The van der Waals surface area contributed by atoms with Gasteiger partial charge in [0, 0.05) is 19.8 Å². The number of benzene rings is 1. The van der Waals surface area contributed by atoms with Crippen molar-refractivity contribution in [2.45, 2.75) is 19.8 Å². The van der Waals surface area contributed by atoms with E-state index in [0.717, 1.165) is 15.8 Å². The molecular weight excluding hydrogens is 286 g/mol. The molecule has 21 heavy (non-hydrogen) atoms. The first-order valence-corrected chi connectivity index (χ1v) is 7.92. The summed E-state index contributed by atoms with van der Waals surface area (Å²) in [6.07, 6.45) is 1.33. The van der Waals surface area contributed by atoms with E-state index in [1.54, 1.807) is 0 Å². The molecule has 0 radical (unpaired) electrons. The summed E-state index contributed by atoms with van der Waals surface area (Å²) in [5, 5.41) is 3.60. The Bertz CT molecular complexity index is 662. The molecule has 0 atom stereocenters. The zero-order chi connectivity index (χ0) is 14.9. The molecule has 6 heteroatoms. The summed E-state index contributed by atoms with van der Waals surface area (Å²) in [6.45, 7) is 3.53. The van der Waals surface area contributed by atoms with E-state index in [4.69, 9.17) is 10.5 Å². The molecule has 5 nitrogen and oxygen atoms in total. The largest absolute Gasteiger partial charge is 0.381 e. The fourth-order valence-electron chi connectivity index (χ4n) is 2.66. The van der Waals surface area contributed by atoms with Crippen LogP contribution in [-0.2, 0) is 9.53 Å². The average molecular weight is 305 g/mol. The Morgan fingerprint density at radius 1 is 1.48 bits per heavy atom. The highest BCUT2D eigenvalue weighted by molar-refractivity contribution is 7.22. The molecule has 0 bridgehead atoms. The zero-order valence-corrected chi connectivity index (χ0v) is 12.8. The van der Waals surface area contributed by atoms with E-state index in [9.17, 15) is 4.79 Å². The summed E-state index contributed by atoms with van der Waals surface area (Å²) in [6, 6.07) is 6.04. The van der Waals surface area contributed by atoms with Crippen LogP contribution in [0.15, 0.2) is 18.2 Å². The molecule has 0 spiro atoms. The van der Waals surface area contributed by atoms with E-state index in [2.05, 4.69) is 10.3 Å². The fraction of sp³-hybridized carbons (Fsp3) is 0.467. The van der Waals surface area contributed by atoms with Gasteiger partial charge in [0.25, 0.3) is 0 Å². The van der Waals surface area contributed by atoms with Crippen molar-refractivity contribution in [1.29, 1.82) is 0 Å². The number of nitrogens with zero attached hydrogens (tertiary/aromatic N) is 1. The van der Waals surface area contributed by atoms with Gasteiger partial charge in [-0.1, -0.05) is 23.5 Å². The highest BCUT2D eigenvalue weighted by Crippen LogP contribution is 2.33. The van der Waals surface area contributed by atoms with Crippen LogP contribution in [-0.4, -0.2) is 30.6 Å². The molecule has 1 saturated heterocycles. The monoisotopic (exact) mass is 305 g/mol. The number of carbonyl (C=O) groups excluding carboxylic acids is 1. The number of aryl methyl sites for hydroxylation is 1. The molecule has 1 amide bonds. The van der Waals surface area contributed by atoms with E-state index in [1.807, 2.05) is 25.1 Å². The van der Waals surface area contributed by atoms with Crippen molar-refractivity contribution in [1.82, 2.24) is 4.98 Å². The molecule has 1 aromatic carbocycles. The lowest BCUT2D eigenvalue weighted by molar-refractivity contribution is -0.130. The molecule has 2 aromatic rings. The Hall–Kier alpha value is -1.50. The maximum Gasteiger partial charge on any atom is 0.233 e. The third kappa shape index (κ3) is 2.66. The predicted molar refractivity (Wildman–Crippen MR) is 84.5 cm³/mol. The van der Waals surface area contributed by atoms with Crippen molar-refractivity contribution in [3.8, 4) is 0 Å². The molecule has 2 heterocycles. The number of hydrogen-bond donors (Lipinski definition) is 2. The molecule has 3 rings (SSSR count). The molecule has 1 aliphatic rings. The molecule has 1 aliphatic heterocycles. The van der Waals surface area contributed by atoms with Gasteiger partial charge in [-0.3, -0.25) is 4.79 Å². The molecule has 1 aromatic heterocycles. The summed E-state index contributed by atoms with van der Waals surface area (Å²) in [7, 11) is 0. The van der Waals surface area contributed by atoms with Crippen LogP contribution in [0.1, 0.15) is 18.4 Å². The number of thiazole rings is 1. The SMILES string of the molecule is Cc1cccc2sc(NC(=O)C3(CN)CCOCC3)nc12. The van der Waals surface area contributed by atoms with Gasteiger partial charge in [-0.25, -0.2) is 4.98 Å². The summed E-state index contributed by atoms with van der Waals surface area (Å²) < 4.78 is 6.42. The minimum atomic E-state index is -0.523. The van der Waals surface area contributed by atoms with Crippen LogP contribution in [0.2, 0.25) is 0 Å². The Balaban J connectivity index is 1.83. The van der Waals surface area contributed by atoms with Crippen molar-refractivity contribution in [2.75, 3.05) is 25.1 Å². The number of fused-ring (bicyclic) bond motifs is 1. The third-order valence-corrected chi connectivity index (χ3v) is 5.10. The Kier molecular flexibility index (Phi) is 3.93. The molecule has 0 aliphatic carbocycles. The van der Waals surface area contributed by atoms with Crippen molar-refractivity contribution in [2.24, 2.45) is 11.1 Å². The number of carbonyl (C=O) groups is 1. The lowest BCUT2D eigenvalue weighted by atomic mass is 9.79. The van der Waals surface area contributed by atoms with Crippen molar-refractivity contribution < 1.29 is 9.53 Å². The van der Waals surface area contributed by atoms with E-state index in [0.29, 0.717) is 37.7 Å². The van der Waals surface area contributed by atoms with Gasteiger partial charge in [0.15, 0.2) is 5.13 Å². The van der Waals surface area contributed by atoms with Gasteiger partial charge in [0.2, 0.25) is 5.91 Å². The second-order valence-corrected chi connectivity index (χ2v) is 6.52. The maximum absolute atomic E-state index is 12.6. The minimum Gasteiger partial charge on any atom is -0.381 e. The average Bonchev–Trinajstić information content (AvgIpc) is 2.92. The molecule has 0 saturated carbocycles. The van der Waals surface area contributed by atoms with Crippen LogP contribution in [0.5, 0.6) is 0 Å². The summed E-state index contributed by atoms with van der Waals surface area (Å²) in [5.74, 6) is -0.0370. The first-order valence-electron chi connectivity index (χ1n) is 7.10. The summed E-state index contributed by atoms with van der Waals surface area (Å²) >= 11 is 1.50. The highest BCUT2D eigenvalue weighted by Gasteiger charge is 2.39. The summed E-state index contributed by atoms with van der Waals surface area (Å²) in [5.41, 5.74) is 7.40. The van der Waals surface area contributed by atoms with Crippen molar-refractivity contribution in [3.05, 3.63) is 23.8 Å². The van der Waals surface area contributed by atoms with Crippen LogP contribution in [0.4, 0.5) is 5.13 Å². The van der Waals surface area contributed by atoms with Crippen molar-refractivity contribution >= 4 is 32.6 Å². The van der Waals surface area contributed by atoms with Crippen LogP contribution in [0.3, 0.4) is 0 Å². The van der Waals surface area contributed by atoms with Crippen LogP contribution >= 0.6 is 11.3 Å². The predicted octanol–water partition coefficient (Wildman–Crippen LogP) is 2.30. The number of anilines is 1. The maximum atomic E-state index is 12.6. The Morgan fingerprint density at radius 3 is 2.90 bits per heavy atom. The van der Waals surface area contributed by atoms with E-state index in [-0.39, 0.29) is 5.91 Å². The zero-order valence-electron chi connectivity index (χ0n) is 12.0. The molecule has 1 fully saturated rings. The van der Waals surface area contributed by atoms with Crippen LogP contribution in [0.25, 0.3) is 10.2 Å². The number of aromatic nitrogens is 1. The van der Waals surface area contributed by atoms with Gasteiger partial charge < -0.3 is 15.8 Å². The first-order chi connectivity index (χ1) is 10.1. The number of rotatable bonds is 3. The van der Waals surface area contributed by atoms with E-state index < -0.39 is 5.41 Å². The second-order valence-electron chi connectivity index (χ2n) is 5.49. The molecule has 112 valence electrons. The van der Waals surface area contributed by atoms with Gasteiger partial charge in [-0.2, -0.15) is 0 Å². The number of nitrogens with one attached hydrogen (secondary N) is 1. The highest BCUT2D eigenvalue weighted by atomic mass is 32.1. The van der Waals surface area contributed by atoms with Gasteiger partial charge in [-0.05, 0) is 31.4 Å². The van der Waals surface area contributed by atoms with Gasteiger partial charge in [0.05, 0.1) is 15.6 Å². The van der Waals surface area contributed by atoms with Crippen LogP contribution in [0, 0.1) is 12.3 Å². The third-order valence-electron chi connectivity index (χ3n) is 4.16. The van der Waals surface area contributed by atoms with Gasteiger partial charge >= 0.3 is 0 Å². The normalized spacial score (nSPS) is 17.8. The first kappa shape index (κ1) is 14.4. The lowest BCUT2D eigenvalue weighted by Crippen LogP contribution is -2.46. The topological polar surface area (TPSA) is 77.2 Å². The minimum absolute atomic E-state index is 0.0370. The quantitative estimate of drug-likeness (QED) is 0.912.